The maximum absolute atomic E-state index is 12.4. The largest absolute Gasteiger partial charge is 0.314 e. The number of rotatable bonds is 2. The minimum absolute atomic E-state index is 0. The quantitative estimate of drug-likeness (QED) is 0.762. The number of nitrogens with one attached hydrogen (secondary N) is 1. The Balaban J connectivity index is 0.000000980. The van der Waals surface area contributed by atoms with E-state index in [1.807, 2.05) is 0 Å². The van der Waals surface area contributed by atoms with Crippen molar-refractivity contribution in [2.75, 3.05) is 33.2 Å². The molecule has 1 saturated heterocycles. The van der Waals surface area contributed by atoms with Crippen LogP contribution in [-0.4, -0.2) is 47.0 Å². The van der Waals surface area contributed by atoms with Crippen molar-refractivity contribution in [1.82, 2.24) is 9.62 Å². The molecule has 1 heterocycles. The van der Waals surface area contributed by atoms with Gasteiger partial charge in [0, 0.05) is 33.2 Å². The highest BCUT2D eigenvalue weighted by atomic mass is 35.5. The number of halogens is 1. The number of hydrogen-bond donors (Lipinski definition) is 1. The standard InChI is InChI=1S/C8H17N3OS.ClH/c1-9-13(12,8-2-3-8)11-6-4-10-5-7-11;/h8,10H,2-7H2,1H3;1H. The van der Waals surface area contributed by atoms with E-state index in [1.54, 1.807) is 7.05 Å². The first-order chi connectivity index (χ1) is 6.27. The maximum Gasteiger partial charge on any atom is 0.113 e. The van der Waals surface area contributed by atoms with Gasteiger partial charge in [0.05, 0.1) is 5.25 Å². The molecular weight excluding hydrogens is 222 g/mol. The van der Waals surface area contributed by atoms with Crippen LogP contribution in [0.25, 0.3) is 0 Å². The van der Waals surface area contributed by atoms with Crippen molar-refractivity contribution in [3.8, 4) is 0 Å². The fourth-order valence-corrected chi connectivity index (χ4v) is 4.16. The SMILES string of the molecule is CN=S(=O)(C1CC1)N1CCNCC1.Cl. The van der Waals surface area contributed by atoms with Gasteiger partial charge >= 0.3 is 0 Å². The molecule has 1 unspecified atom stereocenters. The van der Waals surface area contributed by atoms with Crippen molar-refractivity contribution in [3.63, 3.8) is 0 Å². The molecule has 4 nitrogen and oxygen atoms in total. The summed E-state index contributed by atoms with van der Waals surface area (Å²) in [6, 6.07) is 0. The van der Waals surface area contributed by atoms with E-state index in [4.69, 9.17) is 0 Å². The molecule has 2 aliphatic rings. The van der Waals surface area contributed by atoms with Crippen molar-refractivity contribution >= 4 is 22.3 Å². The molecule has 0 aromatic rings. The summed E-state index contributed by atoms with van der Waals surface area (Å²) in [5.41, 5.74) is 0. The third-order valence-corrected chi connectivity index (χ3v) is 5.63. The van der Waals surface area contributed by atoms with Crippen molar-refractivity contribution in [1.29, 1.82) is 0 Å². The summed E-state index contributed by atoms with van der Waals surface area (Å²) in [6.45, 7) is 3.65. The second kappa shape index (κ2) is 4.79. The molecule has 1 aliphatic heterocycles. The highest BCUT2D eigenvalue weighted by molar-refractivity contribution is 7.92. The molecule has 1 atom stereocenters. The Morgan fingerprint density at radius 2 is 1.93 bits per heavy atom. The van der Waals surface area contributed by atoms with Crippen LogP contribution in [0.4, 0.5) is 0 Å². The van der Waals surface area contributed by atoms with Crippen LogP contribution in [0.15, 0.2) is 4.36 Å². The van der Waals surface area contributed by atoms with Crippen molar-refractivity contribution in [2.24, 2.45) is 4.36 Å². The van der Waals surface area contributed by atoms with Crippen LogP contribution in [0.1, 0.15) is 12.8 Å². The second-order valence-electron chi connectivity index (χ2n) is 3.60. The number of hydrogen-bond acceptors (Lipinski definition) is 3. The van der Waals surface area contributed by atoms with Crippen LogP contribution in [0, 0.1) is 0 Å². The predicted octanol–water partition coefficient (Wildman–Crippen LogP) is 0.489. The Bertz CT molecular complexity index is 291. The lowest BCUT2D eigenvalue weighted by molar-refractivity contribution is 0.376. The van der Waals surface area contributed by atoms with Crippen molar-refractivity contribution in [2.45, 2.75) is 18.1 Å². The van der Waals surface area contributed by atoms with Gasteiger partial charge in [-0.15, -0.1) is 12.4 Å². The highest BCUT2D eigenvalue weighted by Crippen LogP contribution is 2.32. The van der Waals surface area contributed by atoms with E-state index in [-0.39, 0.29) is 12.4 Å². The topological polar surface area (TPSA) is 44.7 Å². The van der Waals surface area contributed by atoms with Gasteiger partial charge in [-0.1, -0.05) is 0 Å². The molecule has 0 aromatic heterocycles. The minimum atomic E-state index is -2.02. The minimum Gasteiger partial charge on any atom is -0.314 e. The van der Waals surface area contributed by atoms with Gasteiger partial charge in [0.2, 0.25) is 0 Å². The Morgan fingerprint density at radius 1 is 1.36 bits per heavy atom. The first-order valence-electron chi connectivity index (χ1n) is 4.87. The highest BCUT2D eigenvalue weighted by Gasteiger charge is 2.37. The van der Waals surface area contributed by atoms with Crippen LogP contribution >= 0.6 is 12.4 Å². The average molecular weight is 240 g/mol. The van der Waals surface area contributed by atoms with Crippen LogP contribution in [0.2, 0.25) is 0 Å². The van der Waals surface area contributed by atoms with Crippen LogP contribution in [0.5, 0.6) is 0 Å². The monoisotopic (exact) mass is 239 g/mol. The fourth-order valence-electron chi connectivity index (χ4n) is 1.76. The number of nitrogens with zero attached hydrogens (tertiary/aromatic N) is 2. The zero-order valence-electron chi connectivity index (χ0n) is 8.44. The van der Waals surface area contributed by atoms with E-state index in [1.165, 1.54) is 0 Å². The van der Waals surface area contributed by atoms with Gasteiger partial charge in [-0.3, -0.25) is 0 Å². The molecule has 1 aliphatic carbocycles. The predicted molar refractivity (Wildman–Crippen MR) is 61.2 cm³/mol. The van der Waals surface area contributed by atoms with Gasteiger partial charge in [0.25, 0.3) is 0 Å². The molecule has 0 spiro atoms. The molecule has 2 rings (SSSR count). The summed E-state index contributed by atoms with van der Waals surface area (Å²) in [4.78, 5) is 0. The van der Waals surface area contributed by atoms with Gasteiger partial charge in [-0.2, -0.15) is 0 Å². The molecule has 1 N–H and O–H groups in total. The van der Waals surface area contributed by atoms with E-state index in [9.17, 15) is 4.21 Å². The fraction of sp³-hybridized carbons (Fsp3) is 1.00. The molecular formula is C8H18ClN3OS. The zero-order valence-corrected chi connectivity index (χ0v) is 10.1. The van der Waals surface area contributed by atoms with Crippen molar-refractivity contribution < 1.29 is 4.21 Å². The van der Waals surface area contributed by atoms with E-state index in [0.29, 0.717) is 5.25 Å². The summed E-state index contributed by atoms with van der Waals surface area (Å²) < 4.78 is 18.6. The molecule has 84 valence electrons. The molecule has 0 radical (unpaired) electrons. The van der Waals surface area contributed by atoms with Gasteiger partial charge in [0.15, 0.2) is 0 Å². The van der Waals surface area contributed by atoms with Gasteiger partial charge in [-0.05, 0) is 12.8 Å². The van der Waals surface area contributed by atoms with Crippen molar-refractivity contribution in [3.05, 3.63) is 0 Å². The van der Waals surface area contributed by atoms with Gasteiger partial charge in [-0.25, -0.2) is 12.9 Å². The third kappa shape index (κ3) is 2.21. The maximum atomic E-state index is 12.4. The van der Waals surface area contributed by atoms with E-state index in [0.717, 1.165) is 39.0 Å². The summed E-state index contributed by atoms with van der Waals surface area (Å²) in [7, 11) is -0.319. The summed E-state index contributed by atoms with van der Waals surface area (Å²) in [6.07, 6.45) is 2.19. The first kappa shape index (κ1) is 12.2. The Labute approximate surface area is 92.2 Å². The molecule has 2 fully saturated rings. The molecule has 0 bridgehead atoms. The lowest BCUT2D eigenvalue weighted by Gasteiger charge is -2.29. The Kier molecular flexibility index (Phi) is 4.18. The molecule has 1 saturated carbocycles. The zero-order chi connectivity index (χ0) is 9.31. The average Bonchev–Trinajstić information content (AvgIpc) is 3.02. The summed E-state index contributed by atoms with van der Waals surface area (Å²) >= 11 is 0. The smallest absolute Gasteiger partial charge is 0.113 e. The lowest BCUT2D eigenvalue weighted by atomic mass is 10.4. The summed E-state index contributed by atoms with van der Waals surface area (Å²) in [5, 5.41) is 3.62. The Morgan fingerprint density at radius 3 is 2.36 bits per heavy atom. The van der Waals surface area contributed by atoms with E-state index >= 15 is 0 Å². The van der Waals surface area contributed by atoms with Crippen LogP contribution in [-0.2, 0) is 9.92 Å². The van der Waals surface area contributed by atoms with Crippen LogP contribution < -0.4 is 5.32 Å². The van der Waals surface area contributed by atoms with E-state index in [2.05, 4.69) is 14.0 Å². The molecule has 6 heteroatoms. The van der Waals surface area contributed by atoms with Gasteiger partial charge in [0.1, 0.15) is 9.92 Å². The molecule has 14 heavy (non-hydrogen) atoms. The number of piperazine rings is 1. The third-order valence-electron chi connectivity index (χ3n) is 2.67. The Hall–Kier alpha value is 0.160. The normalized spacial score (nSPS) is 27.5. The van der Waals surface area contributed by atoms with Gasteiger partial charge < -0.3 is 5.32 Å². The lowest BCUT2D eigenvalue weighted by Crippen LogP contribution is -2.47. The van der Waals surface area contributed by atoms with E-state index < -0.39 is 9.92 Å². The molecule has 0 amide bonds. The van der Waals surface area contributed by atoms with Crippen LogP contribution in [0.3, 0.4) is 0 Å². The molecule has 0 aromatic carbocycles. The first-order valence-corrected chi connectivity index (χ1v) is 6.41. The second-order valence-corrected chi connectivity index (χ2v) is 6.22. The summed E-state index contributed by atoms with van der Waals surface area (Å²) in [5.74, 6) is 0.